The van der Waals surface area contributed by atoms with Gasteiger partial charge in [-0.1, -0.05) is 24.6 Å². The Morgan fingerprint density at radius 1 is 1.47 bits per heavy atom. The summed E-state index contributed by atoms with van der Waals surface area (Å²) in [5.41, 5.74) is 6.90. The van der Waals surface area contributed by atoms with Gasteiger partial charge in [0.15, 0.2) is 0 Å². The molecule has 2 nitrogen and oxygen atoms in total. The molecule has 0 aromatic heterocycles. The molecule has 1 aromatic carbocycles. The molecular weight excluding hydrogens is 193 g/mol. The summed E-state index contributed by atoms with van der Waals surface area (Å²) in [6.07, 6.45) is 0. The molecule has 0 aliphatic carbocycles. The van der Waals surface area contributed by atoms with Gasteiger partial charge in [0.25, 0.3) is 0 Å². The van der Waals surface area contributed by atoms with Gasteiger partial charge >= 0.3 is 0 Å². The summed E-state index contributed by atoms with van der Waals surface area (Å²) in [6.45, 7) is 3.56. The van der Waals surface area contributed by atoms with Crippen molar-refractivity contribution in [2.45, 2.75) is 19.3 Å². The summed E-state index contributed by atoms with van der Waals surface area (Å²) in [4.78, 5) is 0. The lowest BCUT2D eigenvalue weighted by Gasteiger charge is -2.27. The van der Waals surface area contributed by atoms with Crippen LogP contribution in [0.15, 0.2) is 18.2 Å². The Morgan fingerprint density at radius 2 is 2.13 bits per heavy atom. The minimum absolute atomic E-state index is 0.267. The van der Waals surface area contributed by atoms with E-state index >= 15 is 0 Å². The summed E-state index contributed by atoms with van der Waals surface area (Å²) in [7, 11) is 1.59. The van der Waals surface area contributed by atoms with Gasteiger partial charge < -0.3 is 10.5 Å². The predicted molar refractivity (Wildman–Crippen MR) is 60.1 cm³/mol. The second kappa shape index (κ2) is 4.62. The maximum absolute atomic E-state index is 13.0. The molecule has 3 heteroatoms. The third-order valence-electron chi connectivity index (χ3n) is 2.75. The minimum Gasteiger partial charge on any atom is -0.496 e. The average molecular weight is 211 g/mol. The zero-order chi connectivity index (χ0) is 11.5. The molecule has 0 radical (unpaired) electrons. The predicted octanol–water partition coefficient (Wildman–Crippen LogP) is 2.19. The lowest BCUT2D eigenvalue weighted by atomic mass is 9.82. The number of rotatable bonds is 4. The van der Waals surface area contributed by atoms with Gasteiger partial charge in [0, 0.05) is 17.5 Å². The average Bonchev–Trinajstić information content (AvgIpc) is 2.28. The van der Waals surface area contributed by atoms with Crippen LogP contribution in [0.4, 0.5) is 4.39 Å². The molecule has 1 aromatic rings. The van der Waals surface area contributed by atoms with Crippen LogP contribution < -0.4 is 10.5 Å². The molecule has 0 fully saturated rings. The SMILES string of the molecule is COc1ccc(C)cc1C(C)(CN)CF. The van der Waals surface area contributed by atoms with E-state index in [0.717, 1.165) is 11.1 Å². The molecule has 0 saturated heterocycles. The highest BCUT2D eigenvalue weighted by molar-refractivity contribution is 5.42. The molecule has 2 N–H and O–H groups in total. The van der Waals surface area contributed by atoms with E-state index in [1.54, 1.807) is 7.11 Å². The van der Waals surface area contributed by atoms with E-state index in [1.165, 1.54) is 0 Å². The highest BCUT2D eigenvalue weighted by Gasteiger charge is 2.28. The Bertz CT molecular complexity index is 334. The van der Waals surface area contributed by atoms with Crippen molar-refractivity contribution in [2.75, 3.05) is 20.3 Å². The monoisotopic (exact) mass is 211 g/mol. The molecule has 0 bridgehead atoms. The number of hydrogen-bond acceptors (Lipinski definition) is 2. The highest BCUT2D eigenvalue weighted by Crippen LogP contribution is 2.32. The first-order valence-corrected chi connectivity index (χ1v) is 4.98. The number of benzene rings is 1. The fourth-order valence-electron chi connectivity index (χ4n) is 1.53. The van der Waals surface area contributed by atoms with Gasteiger partial charge in [-0.25, -0.2) is 0 Å². The van der Waals surface area contributed by atoms with Gasteiger partial charge in [0.1, 0.15) is 12.4 Å². The third-order valence-corrected chi connectivity index (χ3v) is 2.75. The molecule has 0 spiro atoms. The van der Waals surface area contributed by atoms with E-state index in [0.29, 0.717) is 5.75 Å². The van der Waals surface area contributed by atoms with Crippen LogP contribution in [0, 0.1) is 6.92 Å². The number of hydrogen-bond donors (Lipinski definition) is 1. The lowest BCUT2D eigenvalue weighted by molar-refractivity contribution is 0.318. The Morgan fingerprint density at radius 3 is 2.60 bits per heavy atom. The second-order valence-electron chi connectivity index (χ2n) is 4.10. The number of halogens is 1. The molecule has 0 saturated carbocycles. The Kier molecular flexibility index (Phi) is 3.69. The maximum Gasteiger partial charge on any atom is 0.122 e. The fourth-order valence-corrected chi connectivity index (χ4v) is 1.53. The molecule has 0 aliphatic heterocycles. The van der Waals surface area contributed by atoms with Crippen molar-refractivity contribution < 1.29 is 9.13 Å². The number of alkyl halides is 1. The molecule has 0 heterocycles. The molecule has 15 heavy (non-hydrogen) atoms. The number of methoxy groups -OCH3 is 1. The molecule has 1 unspecified atom stereocenters. The van der Waals surface area contributed by atoms with Crippen LogP contribution in [0.25, 0.3) is 0 Å². The summed E-state index contributed by atoms with van der Waals surface area (Å²) in [5.74, 6) is 0.700. The van der Waals surface area contributed by atoms with E-state index in [1.807, 2.05) is 32.0 Å². The van der Waals surface area contributed by atoms with E-state index in [4.69, 9.17) is 10.5 Å². The fraction of sp³-hybridized carbons (Fsp3) is 0.500. The van der Waals surface area contributed by atoms with Crippen LogP contribution in [-0.2, 0) is 5.41 Å². The van der Waals surface area contributed by atoms with Gasteiger partial charge in [-0.15, -0.1) is 0 Å². The van der Waals surface area contributed by atoms with E-state index in [-0.39, 0.29) is 6.54 Å². The summed E-state index contributed by atoms with van der Waals surface area (Å²) in [5, 5.41) is 0. The van der Waals surface area contributed by atoms with Crippen LogP contribution in [0.5, 0.6) is 5.75 Å². The van der Waals surface area contributed by atoms with Gasteiger partial charge in [-0.3, -0.25) is 4.39 Å². The number of aryl methyl sites for hydroxylation is 1. The Balaban J connectivity index is 3.26. The van der Waals surface area contributed by atoms with Crippen LogP contribution >= 0.6 is 0 Å². The topological polar surface area (TPSA) is 35.2 Å². The third kappa shape index (κ3) is 2.29. The maximum atomic E-state index is 13.0. The van der Waals surface area contributed by atoms with Crippen LogP contribution in [0.3, 0.4) is 0 Å². The normalized spacial score (nSPS) is 14.7. The molecular formula is C12H18FNO. The van der Waals surface area contributed by atoms with Gasteiger partial charge in [0.2, 0.25) is 0 Å². The van der Waals surface area contributed by atoms with Crippen molar-refractivity contribution in [3.8, 4) is 5.75 Å². The summed E-state index contributed by atoms with van der Waals surface area (Å²) >= 11 is 0. The zero-order valence-electron chi connectivity index (χ0n) is 9.51. The van der Waals surface area contributed by atoms with Crippen molar-refractivity contribution in [1.82, 2.24) is 0 Å². The van der Waals surface area contributed by atoms with Gasteiger partial charge in [-0.05, 0) is 13.0 Å². The van der Waals surface area contributed by atoms with E-state index in [2.05, 4.69) is 0 Å². The zero-order valence-corrected chi connectivity index (χ0v) is 9.51. The number of ether oxygens (including phenoxy) is 1. The summed E-state index contributed by atoms with van der Waals surface area (Å²) in [6, 6.07) is 5.73. The van der Waals surface area contributed by atoms with Crippen LogP contribution in [-0.4, -0.2) is 20.3 Å². The van der Waals surface area contributed by atoms with Crippen LogP contribution in [0.2, 0.25) is 0 Å². The van der Waals surface area contributed by atoms with Crippen LogP contribution in [0.1, 0.15) is 18.1 Å². The molecule has 0 aliphatic rings. The summed E-state index contributed by atoms with van der Waals surface area (Å²) < 4.78 is 18.3. The van der Waals surface area contributed by atoms with Crippen molar-refractivity contribution >= 4 is 0 Å². The quantitative estimate of drug-likeness (QED) is 0.828. The first-order valence-electron chi connectivity index (χ1n) is 4.98. The van der Waals surface area contributed by atoms with Gasteiger partial charge in [0.05, 0.1) is 7.11 Å². The molecule has 84 valence electrons. The standard InChI is InChI=1S/C12H18FNO/c1-9-4-5-11(15-3)10(6-9)12(2,7-13)8-14/h4-6H,7-8,14H2,1-3H3. The molecule has 1 atom stereocenters. The first-order chi connectivity index (χ1) is 7.07. The van der Waals surface area contributed by atoms with Crippen molar-refractivity contribution in [1.29, 1.82) is 0 Å². The Labute approximate surface area is 90.2 Å². The van der Waals surface area contributed by atoms with E-state index < -0.39 is 12.1 Å². The van der Waals surface area contributed by atoms with Crippen molar-refractivity contribution in [3.05, 3.63) is 29.3 Å². The lowest BCUT2D eigenvalue weighted by Crippen LogP contribution is -2.34. The largest absolute Gasteiger partial charge is 0.496 e. The Hall–Kier alpha value is -1.09. The number of nitrogens with two attached hydrogens (primary N) is 1. The molecule has 1 rings (SSSR count). The first kappa shape index (κ1) is 12.0. The smallest absolute Gasteiger partial charge is 0.122 e. The second-order valence-corrected chi connectivity index (χ2v) is 4.10. The molecule has 0 amide bonds. The van der Waals surface area contributed by atoms with E-state index in [9.17, 15) is 4.39 Å². The van der Waals surface area contributed by atoms with Crippen molar-refractivity contribution in [3.63, 3.8) is 0 Å². The highest BCUT2D eigenvalue weighted by atomic mass is 19.1. The van der Waals surface area contributed by atoms with Gasteiger partial charge in [-0.2, -0.15) is 0 Å². The van der Waals surface area contributed by atoms with Crippen molar-refractivity contribution in [2.24, 2.45) is 5.73 Å². The minimum atomic E-state index is -0.655.